The minimum absolute atomic E-state index is 0.0282. The molecule has 2 aromatic rings. The van der Waals surface area contributed by atoms with Crippen molar-refractivity contribution < 1.29 is 40.2 Å². The van der Waals surface area contributed by atoms with Crippen molar-refractivity contribution in [1.82, 2.24) is 0 Å². The van der Waals surface area contributed by atoms with E-state index >= 15 is 22.0 Å². The van der Waals surface area contributed by atoms with E-state index < -0.39 is 70.2 Å². The molecule has 0 spiro atoms. The molecule has 188 valence electrons. The van der Waals surface area contributed by atoms with Crippen LogP contribution in [0.3, 0.4) is 0 Å². The third kappa shape index (κ3) is 4.08. The Morgan fingerprint density at radius 1 is 0.914 bits per heavy atom. The molecule has 2 nitrogen and oxygen atoms in total. The van der Waals surface area contributed by atoms with Crippen molar-refractivity contribution in [3.05, 3.63) is 82.1 Å². The van der Waals surface area contributed by atoms with Crippen LogP contribution in [0.15, 0.2) is 48.2 Å². The fourth-order valence-corrected chi connectivity index (χ4v) is 4.51. The molecule has 9 heteroatoms. The third-order valence-electron chi connectivity index (χ3n) is 6.23. The molecule has 4 rings (SSSR count). The van der Waals surface area contributed by atoms with E-state index in [2.05, 4.69) is 0 Å². The smallest absolute Gasteiger partial charge is 0.339 e. The highest BCUT2D eigenvalue weighted by Crippen LogP contribution is 2.60. The first kappa shape index (κ1) is 25.1. The molecule has 35 heavy (non-hydrogen) atoms. The van der Waals surface area contributed by atoms with E-state index in [9.17, 15) is 8.78 Å². The number of allylic oxidation sites excluding steroid dienone is 4. The molecule has 0 aromatic heterocycles. The predicted molar refractivity (Wildman–Crippen MR) is 116 cm³/mol. The molecule has 2 aromatic carbocycles. The molecule has 0 bridgehead atoms. The summed E-state index contributed by atoms with van der Waals surface area (Å²) in [5.41, 5.74) is -2.42. The number of hydrogen-bond donors (Lipinski definition) is 0. The van der Waals surface area contributed by atoms with Gasteiger partial charge < -0.3 is 9.47 Å². The minimum atomic E-state index is -5.00. The van der Waals surface area contributed by atoms with Gasteiger partial charge in [0.05, 0.1) is 18.1 Å². The second kappa shape index (κ2) is 9.24. The lowest BCUT2D eigenvalue weighted by atomic mass is 9.70. The van der Waals surface area contributed by atoms with E-state index in [1.165, 1.54) is 19.1 Å². The number of halogens is 7. The van der Waals surface area contributed by atoms with Gasteiger partial charge in [0, 0.05) is 11.6 Å². The van der Waals surface area contributed by atoms with Crippen molar-refractivity contribution in [1.29, 1.82) is 0 Å². The second-order valence-electron chi connectivity index (χ2n) is 8.45. The first-order chi connectivity index (χ1) is 16.5. The number of rotatable bonds is 7. The Morgan fingerprint density at radius 3 is 2.29 bits per heavy atom. The van der Waals surface area contributed by atoms with Gasteiger partial charge >= 0.3 is 11.8 Å². The monoisotopic (exact) mass is 500 g/mol. The summed E-state index contributed by atoms with van der Waals surface area (Å²) >= 11 is 0. The molecule has 0 aliphatic heterocycles. The van der Waals surface area contributed by atoms with Crippen LogP contribution in [0, 0.1) is 17.6 Å². The van der Waals surface area contributed by atoms with Crippen LogP contribution in [0.4, 0.5) is 30.7 Å². The fourth-order valence-electron chi connectivity index (χ4n) is 4.51. The zero-order valence-corrected chi connectivity index (χ0v) is 19.0. The first-order valence-corrected chi connectivity index (χ1v) is 11.2. The quantitative estimate of drug-likeness (QED) is 0.367. The van der Waals surface area contributed by atoms with Crippen molar-refractivity contribution >= 4 is 5.57 Å². The van der Waals surface area contributed by atoms with Gasteiger partial charge in [-0.15, -0.1) is 0 Å². The minimum Gasteiger partial charge on any atom is -0.495 e. The Bertz CT molecular complexity index is 1190. The van der Waals surface area contributed by atoms with Crippen LogP contribution in [0.5, 0.6) is 5.75 Å². The molecule has 2 unspecified atom stereocenters. The third-order valence-corrected chi connectivity index (χ3v) is 6.23. The Labute approximate surface area is 198 Å². The van der Waals surface area contributed by atoms with Crippen molar-refractivity contribution in [2.75, 3.05) is 6.61 Å². The zero-order chi connectivity index (χ0) is 25.5. The molecular weight excluding hydrogens is 477 g/mol. The summed E-state index contributed by atoms with van der Waals surface area (Å²) in [5.74, 6) is -15.0. The van der Waals surface area contributed by atoms with Gasteiger partial charge in [0.1, 0.15) is 29.8 Å². The molecule has 0 amide bonds. The van der Waals surface area contributed by atoms with E-state index in [4.69, 9.17) is 9.47 Å². The van der Waals surface area contributed by atoms with Gasteiger partial charge in [-0.1, -0.05) is 37.6 Å². The Morgan fingerprint density at radius 2 is 1.63 bits per heavy atom. The Balaban J connectivity index is 1.71. The topological polar surface area (TPSA) is 18.5 Å². The number of ether oxygens (including phenoxy) is 2. The number of fused-ring (bicyclic) bond motifs is 3. The van der Waals surface area contributed by atoms with E-state index in [1.807, 2.05) is 6.92 Å². The normalized spacial score (nSPS) is 22.0. The number of hydrogen-bond acceptors (Lipinski definition) is 2. The number of alkyl halides is 5. The molecule has 2 atom stereocenters. The number of aryl methyl sites for hydroxylation is 1. The van der Waals surface area contributed by atoms with E-state index in [0.29, 0.717) is 12.0 Å². The Hall–Kier alpha value is -2.97. The van der Waals surface area contributed by atoms with Crippen LogP contribution in [0.2, 0.25) is 0 Å². The lowest BCUT2D eigenvalue weighted by molar-refractivity contribution is -0.246. The molecule has 0 fully saturated rings. The van der Waals surface area contributed by atoms with E-state index in [1.54, 1.807) is 0 Å². The van der Waals surface area contributed by atoms with Crippen molar-refractivity contribution in [3.63, 3.8) is 0 Å². The molecule has 0 heterocycles. The lowest BCUT2D eigenvalue weighted by Gasteiger charge is -2.43. The first-order valence-electron chi connectivity index (χ1n) is 11.2. The summed E-state index contributed by atoms with van der Waals surface area (Å²) in [4.78, 5) is 0. The molecule has 0 radical (unpaired) electrons. The van der Waals surface area contributed by atoms with Gasteiger partial charge in [0.25, 0.3) is 0 Å². The van der Waals surface area contributed by atoms with Crippen LogP contribution >= 0.6 is 0 Å². The predicted octanol–water partition coefficient (Wildman–Crippen LogP) is 7.51. The average Bonchev–Trinajstić information content (AvgIpc) is 2.80. The molecule has 0 saturated carbocycles. The van der Waals surface area contributed by atoms with Gasteiger partial charge in [0.15, 0.2) is 6.17 Å². The molecular formula is C26H23F7O2. The van der Waals surface area contributed by atoms with Crippen molar-refractivity contribution in [3.8, 4) is 5.75 Å². The summed E-state index contributed by atoms with van der Waals surface area (Å²) < 4.78 is 115. The van der Waals surface area contributed by atoms with Crippen molar-refractivity contribution in [2.24, 2.45) is 5.92 Å². The molecule has 0 N–H and O–H groups in total. The summed E-state index contributed by atoms with van der Waals surface area (Å²) in [6.45, 7) is 2.75. The van der Waals surface area contributed by atoms with E-state index in [-0.39, 0.29) is 12.4 Å². The largest absolute Gasteiger partial charge is 0.495 e. The lowest BCUT2D eigenvalue weighted by Crippen LogP contribution is -2.53. The van der Waals surface area contributed by atoms with Crippen molar-refractivity contribution in [2.45, 2.75) is 51.3 Å². The maximum absolute atomic E-state index is 15.3. The molecule has 2 aliphatic rings. The zero-order valence-electron chi connectivity index (χ0n) is 19.0. The maximum atomic E-state index is 15.3. The van der Waals surface area contributed by atoms with Crippen LogP contribution in [-0.2, 0) is 23.7 Å². The maximum Gasteiger partial charge on any atom is 0.339 e. The number of benzene rings is 2. The molecule has 2 aliphatic carbocycles. The highest BCUT2D eigenvalue weighted by Gasteiger charge is 2.70. The summed E-state index contributed by atoms with van der Waals surface area (Å²) in [7, 11) is 0. The summed E-state index contributed by atoms with van der Waals surface area (Å²) in [5, 5.41) is 0. The fraction of sp³-hybridized carbons (Fsp3) is 0.385. The van der Waals surface area contributed by atoms with Crippen LogP contribution in [-0.4, -0.2) is 18.7 Å². The SMILES string of the molecule is CCCc1ccc(OCc2ccc3c(c2F)C(F)(F)C(F)(F)C2C3=CC=C(OCC)C2F)cc1F. The van der Waals surface area contributed by atoms with E-state index in [0.717, 1.165) is 36.8 Å². The average molecular weight is 500 g/mol. The van der Waals surface area contributed by atoms with Gasteiger partial charge in [-0.3, -0.25) is 0 Å². The van der Waals surface area contributed by atoms with Gasteiger partial charge in [-0.05, 0) is 42.2 Å². The molecule has 0 saturated heterocycles. The highest BCUT2D eigenvalue weighted by molar-refractivity contribution is 5.78. The summed E-state index contributed by atoms with van der Waals surface area (Å²) in [6, 6.07) is 6.21. The van der Waals surface area contributed by atoms with Crippen LogP contribution < -0.4 is 4.74 Å². The van der Waals surface area contributed by atoms with Crippen LogP contribution in [0.1, 0.15) is 42.5 Å². The highest BCUT2D eigenvalue weighted by atomic mass is 19.3. The van der Waals surface area contributed by atoms with Crippen LogP contribution in [0.25, 0.3) is 5.57 Å². The van der Waals surface area contributed by atoms with Gasteiger partial charge in [0.2, 0.25) is 0 Å². The van der Waals surface area contributed by atoms with Gasteiger partial charge in [-0.25, -0.2) is 13.2 Å². The second-order valence-corrected chi connectivity index (χ2v) is 8.45. The standard InChI is InChI=1S/C26H23F7O2/c1-3-5-14-6-8-16(12-19(14)27)35-13-15-7-9-17-18-10-11-20(34-4-2)24(29)22(18)26(32,33)25(30,31)21(17)23(15)28/h6-12,22,24H,3-5,13H2,1-2H3. The van der Waals surface area contributed by atoms with Gasteiger partial charge in [-0.2, -0.15) is 17.6 Å². The summed E-state index contributed by atoms with van der Waals surface area (Å²) in [6.07, 6.45) is 0.853. The Kier molecular flexibility index (Phi) is 6.64.